The number of hydrogen-bond donors (Lipinski definition) is 0. The fourth-order valence-corrected chi connectivity index (χ4v) is 9.47. The molecule has 0 spiro atoms. The van der Waals surface area contributed by atoms with Gasteiger partial charge in [-0.1, -0.05) is 175 Å². The lowest BCUT2D eigenvalue weighted by atomic mass is 9.85. The molecule has 0 unspecified atom stereocenters. The third-order valence-electron chi connectivity index (χ3n) is 12.9. The Morgan fingerprint density at radius 1 is 0.328 bits per heavy atom. The van der Waals surface area contributed by atoms with Gasteiger partial charge in [-0.25, -0.2) is 9.97 Å². The molecule has 0 N–H and O–H groups in total. The third-order valence-corrected chi connectivity index (χ3v) is 12.9. The Hall–Kier alpha value is -7.56. The van der Waals surface area contributed by atoms with E-state index in [1.807, 2.05) is 24.3 Å². The number of hydrogen-bond acceptors (Lipinski definition) is 2. The monoisotopic (exact) mass is 826 g/mol. The molecule has 0 fully saturated rings. The van der Waals surface area contributed by atoms with E-state index in [2.05, 4.69) is 221 Å². The van der Waals surface area contributed by atoms with Crippen molar-refractivity contribution in [2.24, 2.45) is 0 Å². The van der Waals surface area contributed by atoms with Gasteiger partial charge in [-0.05, 0) is 82.6 Å². The van der Waals surface area contributed by atoms with Crippen LogP contribution in [-0.2, 0) is 10.8 Å². The molecule has 8 aromatic carbocycles. The van der Waals surface area contributed by atoms with Gasteiger partial charge < -0.3 is 9.13 Å². The Balaban J connectivity index is 1.24. The van der Waals surface area contributed by atoms with Gasteiger partial charge in [0, 0.05) is 49.4 Å². The zero-order valence-electron chi connectivity index (χ0n) is 37.3. The maximum Gasteiger partial charge on any atom is 0.160 e. The van der Waals surface area contributed by atoms with E-state index in [0.717, 1.165) is 50.6 Å². The molecule has 0 bridgehead atoms. The maximum atomic E-state index is 5.32. The highest BCUT2D eigenvalue weighted by atomic mass is 15.0. The Kier molecular flexibility index (Phi) is 9.25. The van der Waals surface area contributed by atoms with E-state index < -0.39 is 0 Å². The van der Waals surface area contributed by atoms with Crippen LogP contribution in [0.25, 0.3) is 100 Å². The van der Waals surface area contributed by atoms with Gasteiger partial charge in [0.2, 0.25) is 0 Å². The summed E-state index contributed by atoms with van der Waals surface area (Å²) in [6.07, 6.45) is 0. The Morgan fingerprint density at radius 2 is 0.781 bits per heavy atom. The Bertz CT molecular complexity index is 3380. The molecule has 4 nitrogen and oxygen atoms in total. The van der Waals surface area contributed by atoms with Crippen LogP contribution in [0, 0.1) is 0 Å². The van der Waals surface area contributed by atoms with Crippen molar-refractivity contribution >= 4 is 43.6 Å². The van der Waals surface area contributed by atoms with Crippen LogP contribution in [0.4, 0.5) is 0 Å². The fourth-order valence-electron chi connectivity index (χ4n) is 9.47. The van der Waals surface area contributed by atoms with E-state index in [-0.39, 0.29) is 10.8 Å². The second-order valence-electron chi connectivity index (χ2n) is 19.1. The predicted molar refractivity (Wildman–Crippen MR) is 270 cm³/mol. The van der Waals surface area contributed by atoms with Crippen LogP contribution in [0.1, 0.15) is 52.7 Å². The lowest BCUT2D eigenvalue weighted by molar-refractivity contribution is 0.590. The molecule has 0 aliphatic rings. The van der Waals surface area contributed by atoms with E-state index >= 15 is 0 Å². The molecule has 4 heteroatoms. The van der Waals surface area contributed by atoms with Crippen molar-refractivity contribution in [3.05, 3.63) is 205 Å². The SMILES string of the molecule is CC(C)(C)c1ccc2c(c1)c1cc(C(C)(C)C)ccc1n2-c1ccc(-c2cc(-c3ccccc3)nc(-c3ccccc3)n2)cc1-c1ccccc1-n1c2ccccc2c2ccccc21. The highest BCUT2D eigenvalue weighted by molar-refractivity contribution is 6.12. The molecule has 0 amide bonds. The van der Waals surface area contributed by atoms with Crippen LogP contribution in [0.3, 0.4) is 0 Å². The molecule has 0 radical (unpaired) electrons. The first-order valence-corrected chi connectivity index (χ1v) is 22.3. The topological polar surface area (TPSA) is 35.6 Å². The van der Waals surface area contributed by atoms with Crippen molar-refractivity contribution in [3.63, 3.8) is 0 Å². The summed E-state index contributed by atoms with van der Waals surface area (Å²) in [5.74, 6) is 0.694. The minimum Gasteiger partial charge on any atom is -0.309 e. The fraction of sp³-hybridized carbons (Fsp3) is 0.133. The summed E-state index contributed by atoms with van der Waals surface area (Å²) >= 11 is 0. The van der Waals surface area contributed by atoms with Crippen molar-refractivity contribution in [3.8, 4) is 56.4 Å². The van der Waals surface area contributed by atoms with Gasteiger partial charge in [-0.3, -0.25) is 0 Å². The smallest absolute Gasteiger partial charge is 0.160 e. The zero-order valence-corrected chi connectivity index (χ0v) is 37.3. The van der Waals surface area contributed by atoms with Gasteiger partial charge in [0.1, 0.15) is 0 Å². The Labute approximate surface area is 375 Å². The summed E-state index contributed by atoms with van der Waals surface area (Å²) in [6.45, 7) is 13.8. The Morgan fingerprint density at radius 3 is 1.34 bits per heavy atom. The van der Waals surface area contributed by atoms with Crippen LogP contribution < -0.4 is 0 Å². The summed E-state index contributed by atoms with van der Waals surface area (Å²) in [6, 6.07) is 70.4. The van der Waals surface area contributed by atoms with E-state index in [0.29, 0.717) is 5.82 Å². The lowest BCUT2D eigenvalue weighted by Crippen LogP contribution is -2.10. The highest BCUT2D eigenvalue weighted by Crippen LogP contribution is 2.44. The van der Waals surface area contributed by atoms with Crippen LogP contribution in [0.2, 0.25) is 0 Å². The van der Waals surface area contributed by atoms with Crippen molar-refractivity contribution in [1.29, 1.82) is 0 Å². The average Bonchev–Trinajstić information content (AvgIpc) is 3.83. The molecule has 0 aliphatic carbocycles. The van der Waals surface area contributed by atoms with Gasteiger partial charge in [0.25, 0.3) is 0 Å². The van der Waals surface area contributed by atoms with E-state index in [1.165, 1.54) is 54.7 Å². The molecule has 0 atom stereocenters. The normalized spacial score (nSPS) is 12.2. The first kappa shape index (κ1) is 39.3. The molecule has 0 saturated carbocycles. The summed E-state index contributed by atoms with van der Waals surface area (Å²) in [4.78, 5) is 10.5. The van der Waals surface area contributed by atoms with Crippen LogP contribution in [0.15, 0.2) is 194 Å². The molecule has 0 saturated heterocycles. The molecular formula is C60H50N4. The minimum atomic E-state index is -0.00689. The van der Waals surface area contributed by atoms with E-state index in [4.69, 9.17) is 9.97 Å². The van der Waals surface area contributed by atoms with Gasteiger partial charge in [0.05, 0.1) is 44.8 Å². The standard InChI is InChI=1S/C60H50N4/c1-59(2,3)42-30-33-56-48(36-42)49-37-43(60(4,5)6)31-34-57(49)64(56)55-32-29-41(51-38-50(39-19-9-7-10-20-39)61-58(62-51)40-21-11-8-12-22-40)35-47(55)46-25-15-18-28-54(46)63-52-26-16-13-23-44(52)45-24-14-17-27-53(45)63/h7-38H,1-6H3. The van der Waals surface area contributed by atoms with Crippen molar-refractivity contribution < 1.29 is 0 Å². The number of benzene rings is 8. The number of aromatic nitrogens is 4. The molecule has 3 heterocycles. The maximum absolute atomic E-state index is 5.32. The summed E-state index contributed by atoms with van der Waals surface area (Å²) < 4.78 is 4.94. The van der Waals surface area contributed by atoms with Crippen molar-refractivity contribution in [2.75, 3.05) is 0 Å². The third kappa shape index (κ3) is 6.69. The highest BCUT2D eigenvalue weighted by Gasteiger charge is 2.24. The number of para-hydroxylation sites is 3. The predicted octanol–water partition coefficient (Wildman–Crippen LogP) is 15.9. The van der Waals surface area contributed by atoms with Gasteiger partial charge in [0.15, 0.2) is 5.82 Å². The molecule has 11 rings (SSSR count). The summed E-state index contributed by atoms with van der Waals surface area (Å²) in [5, 5.41) is 4.98. The number of nitrogens with zero attached hydrogens (tertiary/aromatic N) is 4. The van der Waals surface area contributed by atoms with Gasteiger partial charge in [-0.15, -0.1) is 0 Å². The summed E-state index contributed by atoms with van der Waals surface area (Å²) in [7, 11) is 0. The quantitative estimate of drug-likeness (QED) is 0.167. The van der Waals surface area contributed by atoms with Gasteiger partial charge in [-0.2, -0.15) is 0 Å². The molecule has 11 aromatic rings. The largest absolute Gasteiger partial charge is 0.309 e. The molecule has 3 aromatic heterocycles. The van der Waals surface area contributed by atoms with Crippen LogP contribution in [0.5, 0.6) is 0 Å². The second-order valence-corrected chi connectivity index (χ2v) is 19.1. The molecule has 64 heavy (non-hydrogen) atoms. The van der Waals surface area contributed by atoms with E-state index in [1.54, 1.807) is 0 Å². The summed E-state index contributed by atoms with van der Waals surface area (Å²) in [5.41, 5.74) is 16.6. The lowest BCUT2D eigenvalue weighted by Gasteiger charge is -2.21. The number of rotatable bonds is 6. The number of fused-ring (bicyclic) bond motifs is 6. The van der Waals surface area contributed by atoms with Crippen LogP contribution >= 0.6 is 0 Å². The van der Waals surface area contributed by atoms with Crippen molar-refractivity contribution in [1.82, 2.24) is 19.1 Å². The molecule has 310 valence electrons. The zero-order chi connectivity index (χ0) is 43.7. The minimum absolute atomic E-state index is 0.00689. The van der Waals surface area contributed by atoms with Crippen molar-refractivity contribution in [2.45, 2.75) is 52.4 Å². The first-order chi connectivity index (χ1) is 31.0. The van der Waals surface area contributed by atoms with Crippen LogP contribution in [-0.4, -0.2) is 19.1 Å². The molecule has 0 aliphatic heterocycles. The first-order valence-electron chi connectivity index (χ1n) is 22.3. The van der Waals surface area contributed by atoms with Gasteiger partial charge >= 0.3 is 0 Å². The average molecular weight is 827 g/mol. The van der Waals surface area contributed by atoms with E-state index in [9.17, 15) is 0 Å². The second kappa shape index (κ2) is 15.1. The molecular weight excluding hydrogens is 777 g/mol.